The Labute approximate surface area is 198 Å². The summed E-state index contributed by atoms with van der Waals surface area (Å²) in [4.78, 5) is 20.5. The van der Waals surface area contributed by atoms with Crippen molar-refractivity contribution in [2.75, 3.05) is 13.1 Å². The molecule has 34 heavy (non-hydrogen) atoms. The van der Waals surface area contributed by atoms with E-state index < -0.39 is 0 Å². The number of hydrogen-bond donors (Lipinski definition) is 4. The number of carbonyl (C=O) groups is 1. The van der Waals surface area contributed by atoms with E-state index in [2.05, 4.69) is 68.7 Å². The third-order valence-electron chi connectivity index (χ3n) is 6.35. The average molecular weight is 453 g/mol. The maximum atomic E-state index is 12.9. The summed E-state index contributed by atoms with van der Waals surface area (Å²) in [5.74, 6) is 0.595. The molecule has 1 aliphatic rings. The van der Waals surface area contributed by atoms with Gasteiger partial charge in [0.2, 0.25) is 0 Å². The number of piperidine rings is 1. The highest BCUT2D eigenvalue weighted by Gasteiger charge is 2.20. The molecule has 2 aromatic carbocycles. The fourth-order valence-electron chi connectivity index (χ4n) is 4.44. The number of hydrogen-bond acceptors (Lipinski definition) is 4. The Morgan fingerprint density at radius 1 is 1.15 bits per heavy atom. The average Bonchev–Trinajstić information content (AvgIpc) is 3.49. The first-order valence-corrected chi connectivity index (χ1v) is 11.6. The molecule has 4 N–H and O–H groups in total. The van der Waals surface area contributed by atoms with Gasteiger partial charge in [-0.15, -0.1) is 0 Å². The van der Waals surface area contributed by atoms with Gasteiger partial charge in [0.25, 0.3) is 5.91 Å². The van der Waals surface area contributed by atoms with Gasteiger partial charge in [0, 0.05) is 22.7 Å². The predicted octanol–water partition coefficient (Wildman–Crippen LogP) is 4.93. The summed E-state index contributed by atoms with van der Waals surface area (Å²) in [6, 6.07) is 18.4. The topological polar surface area (TPSA) is 98.0 Å². The number of aliphatic imine (C=N–C) groups is 1. The van der Waals surface area contributed by atoms with E-state index in [9.17, 15) is 4.79 Å². The second-order valence-corrected chi connectivity index (χ2v) is 8.67. The Balaban J connectivity index is 1.44. The first kappa shape index (κ1) is 21.9. The molecule has 0 radical (unpaired) electrons. The number of nitrogens with one attached hydrogen (secondary N) is 4. The van der Waals surface area contributed by atoms with E-state index in [1.165, 1.54) is 0 Å². The minimum atomic E-state index is -0.131. The van der Waals surface area contributed by atoms with E-state index in [0.29, 0.717) is 5.69 Å². The van der Waals surface area contributed by atoms with Crippen LogP contribution in [-0.4, -0.2) is 46.9 Å². The molecular weight excluding hydrogens is 424 g/mol. The molecule has 3 heterocycles. The number of nitrogens with zero attached hydrogens (tertiary/aromatic N) is 2. The second-order valence-electron chi connectivity index (χ2n) is 8.67. The summed E-state index contributed by atoms with van der Waals surface area (Å²) >= 11 is 0. The lowest BCUT2D eigenvalue weighted by Crippen LogP contribution is -2.42. The smallest absolute Gasteiger partial charge is 0.272 e. The minimum Gasteiger partial charge on any atom is -0.348 e. The lowest BCUT2D eigenvalue weighted by atomic mass is 10.0. The summed E-state index contributed by atoms with van der Waals surface area (Å²) in [7, 11) is 0. The van der Waals surface area contributed by atoms with Crippen LogP contribution in [0.3, 0.4) is 0 Å². The van der Waals surface area contributed by atoms with Gasteiger partial charge < -0.3 is 15.6 Å². The Morgan fingerprint density at radius 2 is 1.94 bits per heavy atom. The van der Waals surface area contributed by atoms with E-state index in [1.54, 1.807) is 0 Å². The monoisotopic (exact) mass is 452 g/mol. The lowest BCUT2D eigenvalue weighted by Gasteiger charge is -2.23. The number of aromatic nitrogens is 3. The van der Waals surface area contributed by atoms with Crippen molar-refractivity contribution in [1.82, 2.24) is 25.8 Å². The van der Waals surface area contributed by atoms with Crippen LogP contribution in [0.2, 0.25) is 0 Å². The molecule has 0 saturated carbocycles. The summed E-state index contributed by atoms with van der Waals surface area (Å²) in [6.45, 7) is 7.62. The van der Waals surface area contributed by atoms with E-state index in [-0.39, 0.29) is 11.9 Å². The van der Waals surface area contributed by atoms with Crippen molar-refractivity contribution in [3.8, 4) is 11.3 Å². The van der Waals surface area contributed by atoms with Gasteiger partial charge in [-0.2, -0.15) is 5.10 Å². The normalized spacial score (nSPS) is 14.9. The third-order valence-corrected chi connectivity index (χ3v) is 6.35. The Bertz CT molecular complexity index is 1360. The zero-order valence-corrected chi connectivity index (χ0v) is 19.2. The second kappa shape index (κ2) is 9.49. The van der Waals surface area contributed by atoms with Crippen LogP contribution in [0.25, 0.3) is 33.8 Å². The van der Waals surface area contributed by atoms with Gasteiger partial charge in [-0.25, -0.2) is 4.99 Å². The molecule has 0 aliphatic carbocycles. The predicted molar refractivity (Wildman–Crippen MR) is 138 cm³/mol. The largest absolute Gasteiger partial charge is 0.348 e. The van der Waals surface area contributed by atoms with Crippen LogP contribution in [0.15, 0.2) is 59.6 Å². The molecule has 4 aromatic rings. The molecule has 1 fully saturated rings. The van der Waals surface area contributed by atoms with Crippen molar-refractivity contribution in [1.29, 1.82) is 0 Å². The summed E-state index contributed by atoms with van der Waals surface area (Å²) in [5.41, 5.74) is 6.39. The molecule has 1 amide bonds. The molecule has 0 bridgehead atoms. The molecule has 1 aliphatic heterocycles. The number of fused-ring (bicyclic) bond motifs is 1. The molecule has 7 nitrogen and oxygen atoms in total. The number of amides is 1. The van der Waals surface area contributed by atoms with Crippen molar-refractivity contribution < 1.29 is 4.79 Å². The van der Waals surface area contributed by atoms with Gasteiger partial charge in [-0.1, -0.05) is 36.4 Å². The molecule has 0 unspecified atom stereocenters. The van der Waals surface area contributed by atoms with Crippen LogP contribution < -0.4 is 10.6 Å². The van der Waals surface area contributed by atoms with Crippen molar-refractivity contribution in [2.45, 2.75) is 25.8 Å². The molecule has 0 atom stereocenters. The van der Waals surface area contributed by atoms with Gasteiger partial charge in [0.05, 0.1) is 5.52 Å². The molecule has 1 saturated heterocycles. The van der Waals surface area contributed by atoms with Crippen LogP contribution in [0.1, 0.15) is 41.4 Å². The van der Waals surface area contributed by atoms with Crippen LogP contribution in [0.5, 0.6) is 0 Å². The summed E-state index contributed by atoms with van der Waals surface area (Å²) in [5, 5.41) is 14.6. The summed E-state index contributed by atoms with van der Waals surface area (Å²) in [6.07, 6.45) is 3.95. The SMILES string of the molecule is C=Nc1[nH]c(-c2ccccc2)cc1/C=C(\C)c1ccc2[nH]nc(C(=O)NC3CCNCC3)c2c1. The van der Waals surface area contributed by atoms with E-state index in [0.717, 1.165) is 70.6 Å². The Kier molecular flexibility index (Phi) is 6.10. The fourth-order valence-corrected chi connectivity index (χ4v) is 4.44. The minimum absolute atomic E-state index is 0.131. The maximum absolute atomic E-state index is 12.9. The fraction of sp³-hybridized carbons (Fsp3) is 0.222. The van der Waals surface area contributed by atoms with Gasteiger partial charge in [-0.05, 0) is 80.5 Å². The molecule has 7 heteroatoms. The number of H-pyrrole nitrogens is 2. The van der Waals surface area contributed by atoms with Gasteiger partial charge in [0.15, 0.2) is 5.69 Å². The summed E-state index contributed by atoms with van der Waals surface area (Å²) < 4.78 is 0. The van der Waals surface area contributed by atoms with E-state index in [4.69, 9.17) is 0 Å². The van der Waals surface area contributed by atoms with Crippen LogP contribution in [0.4, 0.5) is 5.82 Å². The van der Waals surface area contributed by atoms with Crippen LogP contribution in [-0.2, 0) is 0 Å². The number of allylic oxidation sites excluding steroid dienone is 1. The highest BCUT2D eigenvalue weighted by molar-refractivity contribution is 6.05. The van der Waals surface area contributed by atoms with Gasteiger partial charge >= 0.3 is 0 Å². The molecule has 2 aromatic heterocycles. The van der Waals surface area contributed by atoms with Crippen molar-refractivity contribution in [2.24, 2.45) is 4.99 Å². The zero-order chi connectivity index (χ0) is 23.5. The number of rotatable bonds is 6. The quantitative estimate of drug-likeness (QED) is 0.312. The lowest BCUT2D eigenvalue weighted by molar-refractivity contribution is 0.0926. The highest BCUT2D eigenvalue weighted by atomic mass is 16.2. The zero-order valence-electron chi connectivity index (χ0n) is 19.2. The van der Waals surface area contributed by atoms with Gasteiger partial charge in [0.1, 0.15) is 5.82 Å². The van der Waals surface area contributed by atoms with Crippen molar-refractivity contribution in [3.63, 3.8) is 0 Å². The molecule has 172 valence electrons. The van der Waals surface area contributed by atoms with E-state index in [1.807, 2.05) is 36.4 Å². The maximum Gasteiger partial charge on any atom is 0.272 e. The van der Waals surface area contributed by atoms with E-state index >= 15 is 0 Å². The number of carbonyl (C=O) groups excluding carboxylic acids is 1. The molecular formula is C27H28N6O. The van der Waals surface area contributed by atoms with Crippen LogP contribution in [0, 0.1) is 0 Å². The first-order valence-electron chi connectivity index (χ1n) is 11.6. The van der Waals surface area contributed by atoms with Crippen molar-refractivity contribution in [3.05, 3.63) is 71.4 Å². The van der Waals surface area contributed by atoms with Crippen LogP contribution >= 0.6 is 0 Å². The molecule has 5 rings (SSSR count). The van der Waals surface area contributed by atoms with Crippen molar-refractivity contribution >= 4 is 41.0 Å². The standard InChI is InChI=1S/C27H28N6O/c1-17(14-20-16-24(31-26(20)28-2)18-6-4-3-5-7-18)19-8-9-23-22(15-19)25(33-32-23)27(34)30-21-10-12-29-13-11-21/h3-9,14-16,21,29,31H,2,10-13H2,1H3,(H,30,34)(H,32,33)/b17-14+. The highest BCUT2D eigenvalue weighted by Crippen LogP contribution is 2.31. The Hall–Kier alpha value is -3.97. The van der Waals surface area contributed by atoms with Gasteiger partial charge in [-0.3, -0.25) is 9.89 Å². The number of aromatic amines is 2. The first-order chi connectivity index (χ1) is 16.6. The Morgan fingerprint density at radius 3 is 2.71 bits per heavy atom. The number of benzene rings is 2. The molecule has 0 spiro atoms. The third kappa shape index (κ3) is 4.43.